The number of carbonyl (C=O) groups excluding carboxylic acids is 3. The van der Waals surface area contributed by atoms with Crippen molar-refractivity contribution in [3.8, 4) is 0 Å². The summed E-state index contributed by atoms with van der Waals surface area (Å²) < 4.78 is 13.5. The maximum atomic E-state index is 13.5. The molecule has 0 fully saturated rings. The first kappa shape index (κ1) is 19.9. The summed E-state index contributed by atoms with van der Waals surface area (Å²) in [6.45, 7) is 1.78. The number of aryl methyl sites for hydroxylation is 1. The molecular formula is C22H14FN3O5. The minimum atomic E-state index is -1.03. The Labute approximate surface area is 175 Å². The van der Waals surface area contributed by atoms with Crippen LogP contribution in [0.25, 0.3) is 0 Å². The lowest BCUT2D eigenvalue weighted by molar-refractivity contribution is -0.387. The monoisotopic (exact) mass is 419 g/mol. The van der Waals surface area contributed by atoms with Gasteiger partial charge in [-0.2, -0.15) is 4.39 Å². The number of hydrogen-bond donors (Lipinski definition) is 1. The van der Waals surface area contributed by atoms with Gasteiger partial charge in [0.05, 0.1) is 21.7 Å². The van der Waals surface area contributed by atoms with Gasteiger partial charge in [0.1, 0.15) is 0 Å². The van der Waals surface area contributed by atoms with Gasteiger partial charge < -0.3 is 5.32 Å². The van der Waals surface area contributed by atoms with E-state index < -0.39 is 34.1 Å². The topological polar surface area (TPSA) is 110 Å². The molecule has 1 N–H and O–H groups in total. The first-order valence-electron chi connectivity index (χ1n) is 9.11. The molecule has 1 heterocycles. The molecule has 8 nitrogen and oxygen atoms in total. The van der Waals surface area contributed by atoms with Crippen LogP contribution in [0, 0.1) is 22.9 Å². The minimum Gasteiger partial charge on any atom is -0.322 e. The van der Waals surface area contributed by atoms with Crippen LogP contribution >= 0.6 is 0 Å². The number of benzene rings is 3. The number of nitrogens with zero attached hydrogens (tertiary/aromatic N) is 2. The summed E-state index contributed by atoms with van der Waals surface area (Å²) in [5.74, 6) is -2.74. The van der Waals surface area contributed by atoms with Gasteiger partial charge in [0.25, 0.3) is 17.7 Å². The van der Waals surface area contributed by atoms with Crippen LogP contribution in [0.4, 0.5) is 21.5 Å². The van der Waals surface area contributed by atoms with Crippen molar-refractivity contribution < 1.29 is 23.7 Å². The van der Waals surface area contributed by atoms with Crippen molar-refractivity contribution in [3.05, 3.63) is 98.8 Å². The SMILES string of the molecule is Cc1ccccc1N1C(=O)c2ccc(C(=O)Nc3ccc(F)c([N+](=O)[O-])c3)cc2C1=O. The molecular weight excluding hydrogens is 405 g/mol. The predicted octanol–water partition coefficient (Wildman–Crippen LogP) is 4.10. The molecule has 31 heavy (non-hydrogen) atoms. The number of nitro groups is 1. The Kier molecular flexibility index (Phi) is 4.78. The molecule has 0 aromatic heterocycles. The van der Waals surface area contributed by atoms with Crippen molar-refractivity contribution in [3.63, 3.8) is 0 Å². The average molecular weight is 419 g/mol. The molecule has 0 aliphatic carbocycles. The normalized spacial score (nSPS) is 12.6. The number of halogens is 1. The number of nitrogens with one attached hydrogen (secondary N) is 1. The van der Waals surface area contributed by atoms with E-state index in [9.17, 15) is 28.9 Å². The zero-order valence-electron chi connectivity index (χ0n) is 16.1. The smallest absolute Gasteiger partial charge is 0.306 e. The number of rotatable bonds is 4. The summed E-state index contributed by atoms with van der Waals surface area (Å²) in [7, 11) is 0. The fraction of sp³-hybridized carbons (Fsp3) is 0.0455. The van der Waals surface area contributed by atoms with Crippen molar-refractivity contribution in [1.29, 1.82) is 0 Å². The molecule has 1 aliphatic rings. The van der Waals surface area contributed by atoms with E-state index in [1.807, 2.05) is 0 Å². The van der Waals surface area contributed by atoms with Gasteiger partial charge in [-0.05, 0) is 48.9 Å². The van der Waals surface area contributed by atoms with Gasteiger partial charge in [-0.15, -0.1) is 0 Å². The highest BCUT2D eigenvalue weighted by molar-refractivity contribution is 6.35. The quantitative estimate of drug-likeness (QED) is 0.389. The minimum absolute atomic E-state index is 0.0162. The summed E-state index contributed by atoms with van der Waals surface area (Å²) in [6.07, 6.45) is 0. The Morgan fingerprint density at radius 3 is 2.42 bits per heavy atom. The largest absolute Gasteiger partial charge is 0.322 e. The molecule has 0 spiro atoms. The summed E-state index contributed by atoms with van der Waals surface area (Å²) in [4.78, 5) is 49.3. The highest BCUT2D eigenvalue weighted by Crippen LogP contribution is 2.31. The van der Waals surface area contributed by atoms with Crippen LogP contribution in [0.5, 0.6) is 0 Å². The zero-order chi connectivity index (χ0) is 22.3. The van der Waals surface area contributed by atoms with Crippen LogP contribution in [0.3, 0.4) is 0 Å². The van der Waals surface area contributed by atoms with E-state index in [2.05, 4.69) is 5.32 Å². The molecule has 0 bridgehead atoms. The molecule has 0 radical (unpaired) electrons. The van der Waals surface area contributed by atoms with Crippen molar-refractivity contribution >= 4 is 34.8 Å². The van der Waals surface area contributed by atoms with Gasteiger partial charge in [-0.25, -0.2) is 4.90 Å². The van der Waals surface area contributed by atoms with E-state index in [0.717, 1.165) is 22.6 Å². The number of nitro benzene ring substituents is 1. The Morgan fingerprint density at radius 2 is 1.71 bits per heavy atom. The number of imide groups is 1. The van der Waals surface area contributed by atoms with E-state index in [-0.39, 0.29) is 22.4 Å². The fourth-order valence-electron chi connectivity index (χ4n) is 3.35. The lowest BCUT2D eigenvalue weighted by Gasteiger charge is -2.16. The number of hydrogen-bond acceptors (Lipinski definition) is 5. The molecule has 1 aliphatic heterocycles. The third kappa shape index (κ3) is 3.42. The first-order valence-corrected chi connectivity index (χ1v) is 9.11. The molecule has 0 atom stereocenters. The lowest BCUT2D eigenvalue weighted by Crippen LogP contribution is -2.29. The molecule has 9 heteroatoms. The second-order valence-corrected chi connectivity index (χ2v) is 6.87. The second-order valence-electron chi connectivity index (χ2n) is 6.87. The van der Waals surface area contributed by atoms with E-state index in [1.165, 1.54) is 24.3 Å². The van der Waals surface area contributed by atoms with Gasteiger partial charge in [0, 0.05) is 17.3 Å². The molecule has 0 saturated carbocycles. The summed E-state index contributed by atoms with van der Waals surface area (Å²) in [5, 5.41) is 13.3. The Balaban J connectivity index is 1.63. The van der Waals surface area contributed by atoms with Gasteiger partial charge in [-0.1, -0.05) is 18.2 Å². The molecule has 3 aromatic carbocycles. The number of para-hydroxylation sites is 1. The average Bonchev–Trinajstić information content (AvgIpc) is 2.99. The number of carbonyl (C=O) groups is 3. The van der Waals surface area contributed by atoms with Gasteiger partial charge in [-0.3, -0.25) is 24.5 Å². The van der Waals surface area contributed by atoms with Crippen molar-refractivity contribution in [1.82, 2.24) is 0 Å². The third-order valence-corrected chi connectivity index (χ3v) is 4.91. The summed E-state index contributed by atoms with van der Waals surface area (Å²) >= 11 is 0. The molecule has 3 aromatic rings. The van der Waals surface area contributed by atoms with Crippen molar-refractivity contribution in [2.24, 2.45) is 0 Å². The first-order chi connectivity index (χ1) is 14.8. The van der Waals surface area contributed by atoms with E-state index in [0.29, 0.717) is 5.69 Å². The van der Waals surface area contributed by atoms with Gasteiger partial charge >= 0.3 is 5.69 Å². The summed E-state index contributed by atoms with van der Waals surface area (Å²) in [6, 6.07) is 13.9. The third-order valence-electron chi connectivity index (χ3n) is 4.91. The van der Waals surface area contributed by atoms with Gasteiger partial charge in [0.2, 0.25) is 5.82 Å². The van der Waals surface area contributed by atoms with Crippen molar-refractivity contribution in [2.45, 2.75) is 6.92 Å². The Bertz CT molecular complexity index is 1290. The van der Waals surface area contributed by atoms with E-state index >= 15 is 0 Å². The molecule has 4 rings (SSSR count). The second kappa shape index (κ2) is 7.45. The van der Waals surface area contributed by atoms with Crippen LogP contribution in [-0.4, -0.2) is 22.6 Å². The van der Waals surface area contributed by atoms with Crippen LogP contribution in [-0.2, 0) is 0 Å². The number of anilines is 2. The lowest BCUT2D eigenvalue weighted by atomic mass is 10.1. The maximum absolute atomic E-state index is 13.5. The molecule has 3 amide bonds. The number of fused-ring (bicyclic) bond motifs is 1. The zero-order valence-corrected chi connectivity index (χ0v) is 16.1. The Hall–Kier alpha value is -4.40. The standard InChI is InChI=1S/C22H14FN3O5/c1-12-4-2-3-5-18(12)25-21(28)15-8-6-13(10-16(15)22(25)29)20(27)24-14-7-9-17(23)19(11-14)26(30)31/h2-11H,1H3,(H,24,27). The molecule has 0 unspecified atom stereocenters. The van der Waals surface area contributed by atoms with Crippen LogP contribution in [0.15, 0.2) is 60.7 Å². The predicted molar refractivity (Wildman–Crippen MR) is 110 cm³/mol. The van der Waals surface area contributed by atoms with E-state index in [4.69, 9.17) is 0 Å². The summed E-state index contributed by atoms with van der Waals surface area (Å²) in [5.41, 5.74) is 0.752. The number of amides is 3. The highest BCUT2D eigenvalue weighted by atomic mass is 19.1. The van der Waals surface area contributed by atoms with Crippen molar-refractivity contribution in [2.75, 3.05) is 10.2 Å². The van der Waals surface area contributed by atoms with Crippen LogP contribution < -0.4 is 10.2 Å². The fourth-order valence-corrected chi connectivity index (χ4v) is 3.35. The van der Waals surface area contributed by atoms with Crippen LogP contribution in [0.1, 0.15) is 36.6 Å². The molecule has 0 saturated heterocycles. The maximum Gasteiger partial charge on any atom is 0.306 e. The molecule has 154 valence electrons. The Morgan fingerprint density at radius 1 is 1.00 bits per heavy atom. The van der Waals surface area contributed by atoms with E-state index in [1.54, 1.807) is 31.2 Å². The highest BCUT2D eigenvalue weighted by Gasteiger charge is 2.37. The van der Waals surface area contributed by atoms with Crippen LogP contribution in [0.2, 0.25) is 0 Å². The van der Waals surface area contributed by atoms with Gasteiger partial charge in [0.15, 0.2) is 0 Å².